The maximum atomic E-state index is 12.9. The van der Waals surface area contributed by atoms with E-state index in [1.807, 2.05) is 37.3 Å². The minimum atomic E-state index is -5.08. The number of carbonyl (C=O) groups excluding carboxylic acids is 2. The van der Waals surface area contributed by atoms with Crippen LogP contribution in [0.2, 0.25) is 0 Å². The molecule has 4 rings (SSSR count). The van der Waals surface area contributed by atoms with Gasteiger partial charge >= 0.3 is 12.1 Å². The summed E-state index contributed by atoms with van der Waals surface area (Å²) in [6.07, 6.45) is -4.11. The van der Waals surface area contributed by atoms with Crippen LogP contribution in [0.5, 0.6) is 5.75 Å². The highest BCUT2D eigenvalue weighted by Gasteiger charge is 2.38. The number of carboxylic acids is 1. The van der Waals surface area contributed by atoms with Gasteiger partial charge in [0.05, 0.1) is 17.5 Å². The van der Waals surface area contributed by atoms with E-state index < -0.39 is 23.6 Å². The van der Waals surface area contributed by atoms with Crippen LogP contribution in [0.1, 0.15) is 40.9 Å². The Kier molecular flexibility index (Phi) is 10.0. The number of halogens is 3. The fourth-order valence-corrected chi connectivity index (χ4v) is 4.15. The number of ether oxygens (including phenoxy) is 2. The molecule has 40 heavy (non-hydrogen) atoms. The number of carboxylic acid groups (broad SMARTS) is 1. The number of nitrogens with zero attached hydrogens (tertiary/aromatic N) is 1. The average Bonchev–Trinajstić information content (AvgIpc) is 2.92. The summed E-state index contributed by atoms with van der Waals surface area (Å²) in [7, 11) is 0. The second-order valence-corrected chi connectivity index (χ2v) is 9.11. The number of amides is 2. The van der Waals surface area contributed by atoms with E-state index in [1.165, 1.54) is 0 Å². The Morgan fingerprint density at radius 3 is 2.30 bits per heavy atom. The molecule has 0 radical (unpaired) electrons. The highest BCUT2D eigenvalue weighted by atomic mass is 19.4. The molecule has 2 aromatic carbocycles. The first-order valence-electron chi connectivity index (χ1n) is 12.1. The Morgan fingerprint density at radius 1 is 1.07 bits per heavy atom. The Labute approximate surface area is 227 Å². The van der Waals surface area contributed by atoms with Crippen LogP contribution in [0, 0.1) is 6.92 Å². The van der Waals surface area contributed by atoms with Crippen LogP contribution >= 0.6 is 0 Å². The van der Waals surface area contributed by atoms with E-state index in [4.69, 9.17) is 24.6 Å². The molecular weight excluding hydrogens is 535 g/mol. The average molecular weight is 564 g/mol. The van der Waals surface area contributed by atoms with Gasteiger partial charge in [0.15, 0.2) is 0 Å². The molecule has 2 heterocycles. The van der Waals surface area contributed by atoms with Crippen molar-refractivity contribution in [3.63, 3.8) is 0 Å². The molecule has 0 atom stereocenters. The number of fused-ring (bicyclic) bond motifs is 1. The lowest BCUT2D eigenvalue weighted by molar-refractivity contribution is -0.192. The van der Waals surface area contributed by atoms with Crippen LogP contribution in [0.4, 0.5) is 13.2 Å². The van der Waals surface area contributed by atoms with Crippen molar-refractivity contribution >= 4 is 28.7 Å². The van der Waals surface area contributed by atoms with Gasteiger partial charge < -0.3 is 19.9 Å². The molecule has 1 aromatic heterocycles. The van der Waals surface area contributed by atoms with Gasteiger partial charge in [-0.15, -0.1) is 0 Å². The van der Waals surface area contributed by atoms with E-state index >= 15 is 0 Å². The van der Waals surface area contributed by atoms with Crippen molar-refractivity contribution in [2.75, 3.05) is 13.2 Å². The monoisotopic (exact) mass is 563 g/mol. The molecule has 0 bridgehead atoms. The van der Waals surface area contributed by atoms with Crippen LogP contribution in [0.3, 0.4) is 0 Å². The summed E-state index contributed by atoms with van der Waals surface area (Å²) in [5, 5.41) is 20.1. The SMILES string of the molecule is Cc1cc(COc2ccc(C(=O)NC3(CC(=O)NO)CCOCC3)cc2)c2ccccc2n1.O=C(O)C(F)(F)F. The zero-order valence-electron chi connectivity index (χ0n) is 21.5. The molecule has 1 saturated heterocycles. The predicted molar refractivity (Wildman–Crippen MR) is 136 cm³/mol. The zero-order valence-corrected chi connectivity index (χ0v) is 21.5. The van der Waals surface area contributed by atoms with Crippen LogP contribution in [-0.4, -0.2) is 58.0 Å². The van der Waals surface area contributed by atoms with Gasteiger partial charge in [-0.1, -0.05) is 18.2 Å². The number of carbonyl (C=O) groups is 3. The molecular formula is C27H28F3N3O7. The third-order valence-electron chi connectivity index (χ3n) is 6.14. The zero-order chi connectivity index (χ0) is 29.3. The molecule has 1 aliphatic heterocycles. The molecule has 0 unspecified atom stereocenters. The first-order chi connectivity index (χ1) is 18.9. The molecule has 10 nitrogen and oxygen atoms in total. The van der Waals surface area contributed by atoms with Crippen LogP contribution in [0.25, 0.3) is 10.9 Å². The van der Waals surface area contributed by atoms with Crippen molar-refractivity contribution in [2.45, 2.75) is 44.5 Å². The number of hydroxylamine groups is 1. The smallest absolute Gasteiger partial charge is 0.489 e. The van der Waals surface area contributed by atoms with Crippen molar-refractivity contribution < 1.29 is 47.3 Å². The number of rotatable bonds is 7. The molecule has 0 saturated carbocycles. The first-order valence-corrected chi connectivity index (χ1v) is 12.1. The fraction of sp³-hybridized carbons (Fsp3) is 0.333. The number of aliphatic carboxylic acids is 1. The second-order valence-electron chi connectivity index (χ2n) is 9.11. The fourth-order valence-electron chi connectivity index (χ4n) is 4.15. The number of benzene rings is 2. The molecule has 4 N–H and O–H groups in total. The summed E-state index contributed by atoms with van der Waals surface area (Å²) >= 11 is 0. The van der Waals surface area contributed by atoms with E-state index in [9.17, 15) is 22.8 Å². The van der Waals surface area contributed by atoms with Gasteiger partial charge in [0, 0.05) is 35.4 Å². The van der Waals surface area contributed by atoms with Crippen LogP contribution in [0.15, 0.2) is 54.6 Å². The lowest BCUT2D eigenvalue weighted by atomic mass is 9.86. The largest absolute Gasteiger partial charge is 0.490 e. The molecule has 2 amide bonds. The second kappa shape index (κ2) is 13.2. The lowest BCUT2D eigenvalue weighted by Gasteiger charge is -2.37. The number of alkyl halides is 3. The minimum Gasteiger partial charge on any atom is -0.489 e. The van der Waals surface area contributed by atoms with Gasteiger partial charge in [0.25, 0.3) is 5.91 Å². The highest BCUT2D eigenvalue weighted by Crippen LogP contribution is 2.26. The summed E-state index contributed by atoms with van der Waals surface area (Å²) in [5.74, 6) is -2.94. The predicted octanol–water partition coefficient (Wildman–Crippen LogP) is 3.93. The summed E-state index contributed by atoms with van der Waals surface area (Å²) in [5.41, 5.74) is 4.26. The maximum absolute atomic E-state index is 12.9. The molecule has 1 aliphatic rings. The Morgan fingerprint density at radius 2 is 1.70 bits per heavy atom. The Balaban J connectivity index is 0.000000559. The van der Waals surface area contributed by atoms with Crippen molar-refractivity contribution in [1.29, 1.82) is 0 Å². The summed E-state index contributed by atoms with van der Waals surface area (Å²) in [6, 6.07) is 16.9. The number of pyridine rings is 1. The van der Waals surface area contributed by atoms with E-state index in [0.717, 1.165) is 22.2 Å². The molecule has 214 valence electrons. The number of nitrogens with one attached hydrogen (secondary N) is 2. The number of para-hydroxylation sites is 1. The molecule has 1 fully saturated rings. The number of aromatic nitrogens is 1. The van der Waals surface area contributed by atoms with Crippen LogP contribution in [-0.2, 0) is 20.9 Å². The summed E-state index contributed by atoms with van der Waals surface area (Å²) < 4.78 is 43.1. The van der Waals surface area contributed by atoms with E-state index in [-0.39, 0.29) is 12.3 Å². The van der Waals surface area contributed by atoms with Gasteiger partial charge in [0.2, 0.25) is 5.91 Å². The molecule has 0 spiro atoms. The first kappa shape index (κ1) is 30.3. The van der Waals surface area contributed by atoms with Crippen molar-refractivity contribution in [1.82, 2.24) is 15.8 Å². The third kappa shape index (κ3) is 8.38. The van der Waals surface area contributed by atoms with Crippen molar-refractivity contribution in [3.8, 4) is 5.75 Å². The topological polar surface area (TPSA) is 147 Å². The lowest BCUT2D eigenvalue weighted by Crippen LogP contribution is -2.54. The van der Waals surface area contributed by atoms with Gasteiger partial charge in [-0.2, -0.15) is 13.2 Å². The number of aryl methyl sites for hydroxylation is 1. The number of hydrogen-bond acceptors (Lipinski definition) is 7. The number of hydrogen-bond donors (Lipinski definition) is 4. The van der Waals surface area contributed by atoms with Gasteiger partial charge in [0.1, 0.15) is 12.4 Å². The van der Waals surface area contributed by atoms with Crippen LogP contribution < -0.4 is 15.5 Å². The normalized spacial score (nSPS) is 14.4. The van der Waals surface area contributed by atoms with Gasteiger partial charge in [-0.05, 0) is 56.2 Å². The third-order valence-corrected chi connectivity index (χ3v) is 6.14. The quantitative estimate of drug-likeness (QED) is 0.250. The Hall–Kier alpha value is -4.23. The van der Waals surface area contributed by atoms with Gasteiger partial charge in [-0.3, -0.25) is 19.8 Å². The Bertz CT molecular complexity index is 1340. The summed E-state index contributed by atoms with van der Waals surface area (Å²) in [4.78, 5) is 38.1. The molecule has 0 aliphatic carbocycles. The standard InChI is InChI=1S/C25H27N3O5.C2HF3O2/c1-17-14-19(21-4-2-3-5-22(21)26-17)16-33-20-8-6-18(7-9-20)24(30)27-25(15-23(29)28-31)10-12-32-13-11-25;3-2(4,5)1(6)7/h2-9,14,31H,10-13,15-16H2,1H3,(H,27,30)(H,28,29);(H,6,7). The van der Waals surface area contributed by atoms with Crippen molar-refractivity contribution in [3.05, 3.63) is 71.4 Å². The summed E-state index contributed by atoms with van der Waals surface area (Å²) in [6.45, 7) is 3.22. The van der Waals surface area contributed by atoms with Crippen molar-refractivity contribution in [2.24, 2.45) is 0 Å². The minimum absolute atomic E-state index is 0.0148. The highest BCUT2D eigenvalue weighted by molar-refractivity contribution is 5.95. The van der Waals surface area contributed by atoms with Gasteiger partial charge in [-0.25, -0.2) is 10.3 Å². The van der Waals surface area contributed by atoms with E-state index in [2.05, 4.69) is 10.3 Å². The molecule has 3 aromatic rings. The van der Waals surface area contributed by atoms with E-state index in [0.29, 0.717) is 44.0 Å². The maximum Gasteiger partial charge on any atom is 0.490 e. The molecule has 13 heteroatoms. The van der Waals surface area contributed by atoms with E-state index in [1.54, 1.807) is 29.7 Å².